The van der Waals surface area contributed by atoms with Gasteiger partial charge >= 0.3 is 0 Å². The van der Waals surface area contributed by atoms with Crippen LogP contribution in [0.4, 0.5) is 4.39 Å². The molecule has 0 aliphatic heterocycles. The molecule has 0 amide bonds. The number of hydrogen-bond donors (Lipinski definition) is 1. The molecule has 0 heterocycles. The summed E-state index contributed by atoms with van der Waals surface area (Å²) < 4.78 is 13.2. The number of rotatable bonds is 2. The molecular formula is C14H17ClFN. The van der Waals surface area contributed by atoms with Gasteiger partial charge in [-0.05, 0) is 38.5 Å². The minimum atomic E-state index is -0.441. The third-order valence-electron chi connectivity index (χ3n) is 2.16. The second kappa shape index (κ2) is 5.53. The standard InChI is InChI=1S/C14H17ClFN/c1-14(2,3)8-4-5-13(17)10-6-7-11(15)12(16)9-10/h6-7,9,13H,5,17H2,1-3H3. The van der Waals surface area contributed by atoms with Crippen LogP contribution in [0.3, 0.4) is 0 Å². The minimum Gasteiger partial charge on any atom is -0.323 e. The third kappa shape index (κ3) is 4.77. The van der Waals surface area contributed by atoms with Crippen molar-refractivity contribution < 1.29 is 4.39 Å². The number of benzene rings is 1. The highest BCUT2D eigenvalue weighted by Crippen LogP contribution is 2.20. The van der Waals surface area contributed by atoms with Crippen molar-refractivity contribution in [2.45, 2.75) is 33.2 Å². The predicted molar refractivity (Wildman–Crippen MR) is 70.2 cm³/mol. The van der Waals surface area contributed by atoms with E-state index in [-0.39, 0.29) is 16.5 Å². The summed E-state index contributed by atoms with van der Waals surface area (Å²) >= 11 is 5.61. The van der Waals surface area contributed by atoms with E-state index in [1.54, 1.807) is 6.07 Å². The molecule has 1 atom stereocenters. The molecule has 0 radical (unpaired) electrons. The molecule has 0 spiro atoms. The summed E-state index contributed by atoms with van der Waals surface area (Å²) in [6.07, 6.45) is 0.512. The lowest BCUT2D eigenvalue weighted by Crippen LogP contribution is -2.10. The first kappa shape index (κ1) is 14.0. The van der Waals surface area contributed by atoms with Crippen molar-refractivity contribution in [3.05, 3.63) is 34.6 Å². The summed E-state index contributed by atoms with van der Waals surface area (Å²) in [6.45, 7) is 6.11. The molecule has 2 N–H and O–H groups in total. The van der Waals surface area contributed by atoms with E-state index in [1.807, 2.05) is 20.8 Å². The number of hydrogen-bond acceptors (Lipinski definition) is 1. The van der Waals surface area contributed by atoms with Crippen molar-refractivity contribution >= 4 is 11.6 Å². The van der Waals surface area contributed by atoms with Gasteiger partial charge in [-0.2, -0.15) is 0 Å². The van der Waals surface area contributed by atoms with E-state index in [2.05, 4.69) is 11.8 Å². The second-order valence-corrected chi connectivity index (χ2v) is 5.44. The summed E-state index contributed by atoms with van der Waals surface area (Å²) in [4.78, 5) is 0. The Hall–Kier alpha value is -1.04. The van der Waals surface area contributed by atoms with Crippen LogP contribution >= 0.6 is 11.6 Å². The van der Waals surface area contributed by atoms with Crippen LogP contribution < -0.4 is 5.73 Å². The van der Waals surface area contributed by atoms with Gasteiger partial charge in [0.15, 0.2) is 0 Å². The van der Waals surface area contributed by atoms with Crippen molar-refractivity contribution in [2.24, 2.45) is 11.1 Å². The lowest BCUT2D eigenvalue weighted by Gasteiger charge is -2.10. The third-order valence-corrected chi connectivity index (χ3v) is 2.46. The molecule has 0 saturated heterocycles. The molecule has 92 valence electrons. The summed E-state index contributed by atoms with van der Waals surface area (Å²) in [7, 11) is 0. The molecule has 0 saturated carbocycles. The van der Waals surface area contributed by atoms with Crippen molar-refractivity contribution in [3.8, 4) is 11.8 Å². The Morgan fingerprint density at radius 3 is 2.59 bits per heavy atom. The number of halogens is 2. The van der Waals surface area contributed by atoms with Gasteiger partial charge in [-0.15, -0.1) is 5.92 Å². The van der Waals surface area contributed by atoms with E-state index < -0.39 is 5.82 Å². The van der Waals surface area contributed by atoms with Crippen LogP contribution in [0.1, 0.15) is 38.8 Å². The Balaban J connectivity index is 2.73. The molecule has 0 fully saturated rings. The van der Waals surface area contributed by atoms with Gasteiger partial charge in [-0.25, -0.2) is 4.39 Å². The maximum Gasteiger partial charge on any atom is 0.142 e. The second-order valence-electron chi connectivity index (χ2n) is 5.04. The fraction of sp³-hybridized carbons (Fsp3) is 0.429. The van der Waals surface area contributed by atoms with Crippen LogP contribution in [0.25, 0.3) is 0 Å². The molecule has 1 aromatic carbocycles. The number of nitrogens with two attached hydrogens (primary N) is 1. The fourth-order valence-corrected chi connectivity index (χ4v) is 1.40. The van der Waals surface area contributed by atoms with Crippen LogP contribution in [0.15, 0.2) is 18.2 Å². The molecular weight excluding hydrogens is 237 g/mol. The Morgan fingerprint density at radius 2 is 2.06 bits per heavy atom. The quantitative estimate of drug-likeness (QED) is 0.795. The van der Waals surface area contributed by atoms with E-state index in [1.165, 1.54) is 12.1 Å². The van der Waals surface area contributed by atoms with Gasteiger partial charge < -0.3 is 5.73 Å². The first-order valence-corrected chi connectivity index (χ1v) is 5.88. The lowest BCUT2D eigenvalue weighted by atomic mass is 9.97. The fourth-order valence-electron chi connectivity index (χ4n) is 1.29. The lowest BCUT2D eigenvalue weighted by molar-refractivity contribution is 0.569. The summed E-state index contributed by atoms with van der Waals surface area (Å²) in [5, 5.41) is 0.113. The SMILES string of the molecule is CC(C)(C)C#CCC(N)c1ccc(Cl)c(F)c1. The van der Waals surface area contributed by atoms with Gasteiger partial charge in [-0.3, -0.25) is 0 Å². The van der Waals surface area contributed by atoms with Gasteiger partial charge in [-0.1, -0.05) is 23.6 Å². The largest absolute Gasteiger partial charge is 0.323 e. The summed E-state index contributed by atoms with van der Waals surface area (Å²) in [5.41, 5.74) is 6.61. The van der Waals surface area contributed by atoms with Gasteiger partial charge in [0.1, 0.15) is 5.82 Å². The molecule has 1 nitrogen and oxygen atoms in total. The van der Waals surface area contributed by atoms with Crippen molar-refractivity contribution in [2.75, 3.05) is 0 Å². The zero-order valence-electron chi connectivity index (χ0n) is 10.3. The first-order valence-electron chi connectivity index (χ1n) is 5.50. The van der Waals surface area contributed by atoms with Crippen molar-refractivity contribution in [1.82, 2.24) is 0 Å². The minimum absolute atomic E-state index is 0.0367. The Kier molecular flexibility index (Phi) is 4.56. The van der Waals surface area contributed by atoms with Crippen molar-refractivity contribution in [1.29, 1.82) is 0 Å². The molecule has 0 aliphatic rings. The maximum absolute atomic E-state index is 13.2. The molecule has 1 aromatic rings. The Bertz CT molecular complexity index is 452. The van der Waals surface area contributed by atoms with Crippen LogP contribution in [-0.4, -0.2) is 0 Å². The normalized spacial score (nSPS) is 12.8. The zero-order valence-corrected chi connectivity index (χ0v) is 11.1. The molecule has 0 bridgehead atoms. The van der Waals surface area contributed by atoms with Gasteiger partial charge in [0.2, 0.25) is 0 Å². The average Bonchev–Trinajstić information content (AvgIpc) is 2.20. The molecule has 0 aromatic heterocycles. The van der Waals surface area contributed by atoms with Crippen LogP contribution in [0.5, 0.6) is 0 Å². The van der Waals surface area contributed by atoms with Gasteiger partial charge in [0, 0.05) is 17.9 Å². The van der Waals surface area contributed by atoms with E-state index in [0.717, 1.165) is 5.56 Å². The molecule has 1 unspecified atom stereocenters. The Morgan fingerprint density at radius 1 is 1.41 bits per heavy atom. The van der Waals surface area contributed by atoms with E-state index in [4.69, 9.17) is 17.3 Å². The smallest absolute Gasteiger partial charge is 0.142 e. The Labute approximate surface area is 107 Å². The van der Waals surface area contributed by atoms with Crippen LogP contribution in [0, 0.1) is 23.1 Å². The maximum atomic E-state index is 13.2. The van der Waals surface area contributed by atoms with Gasteiger partial charge in [0.05, 0.1) is 5.02 Å². The molecule has 3 heteroatoms. The summed E-state index contributed by atoms with van der Waals surface area (Å²) in [5.74, 6) is 5.68. The van der Waals surface area contributed by atoms with Crippen LogP contribution in [0.2, 0.25) is 5.02 Å². The van der Waals surface area contributed by atoms with Crippen LogP contribution in [-0.2, 0) is 0 Å². The van der Waals surface area contributed by atoms with E-state index in [9.17, 15) is 4.39 Å². The monoisotopic (exact) mass is 253 g/mol. The van der Waals surface area contributed by atoms with Gasteiger partial charge in [0.25, 0.3) is 0 Å². The summed E-state index contributed by atoms with van der Waals surface area (Å²) in [6, 6.07) is 4.33. The molecule has 1 rings (SSSR count). The molecule has 0 aliphatic carbocycles. The highest BCUT2D eigenvalue weighted by Gasteiger charge is 2.08. The topological polar surface area (TPSA) is 26.0 Å². The first-order chi connectivity index (χ1) is 7.79. The highest BCUT2D eigenvalue weighted by molar-refractivity contribution is 6.30. The average molecular weight is 254 g/mol. The van der Waals surface area contributed by atoms with E-state index in [0.29, 0.717) is 6.42 Å². The highest BCUT2D eigenvalue weighted by atomic mass is 35.5. The predicted octanol–water partition coefficient (Wildman–Crippen LogP) is 3.92. The van der Waals surface area contributed by atoms with E-state index >= 15 is 0 Å². The van der Waals surface area contributed by atoms with Crippen molar-refractivity contribution in [3.63, 3.8) is 0 Å². The zero-order chi connectivity index (χ0) is 13.1. The molecule has 17 heavy (non-hydrogen) atoms.